The van der Waals surface area contributed by atoms with Gasteiger partial charge in [-0.3, -0.25) is 4.79 Å². The van der Waals surface area contributed by atoms with E-state index in [1.54, 1.807) is 0 Å². The van der Waals surface area contributed by atoms with Gasteiger partial charge in [0.2, 0.25) is 0 Å². The molecule has 11 nitrogen and oxygen atoms in total. The van der Waals surface area contributed by atoms with Crippen molar-refractivity contribution in [2.75, 3.05) is 13.2 Å². The van der Waals surface area contributed by atoms with Crippen LogP contribution < -0.4 is 0 Å². The molecule has 0 rings (SSSR count). The maximum Gasteiger partial charge on any atom is 0.478 e. The average Bonchev–Trinajstić information content (AvgIpc) is 2.41. The molecule has 24 heavy (non-hydrogen) atoms. The molecule has 0 heterocycles. The second-order valence-corrected chi connectivity index (χ2v) is 7.36. The quantitative estimate of drug-likeness (QED) is 0.161. The van der Waals surface area contributed by atoms with Gasteiger partial charge in [0.25, 0.3) is 0 Å². The van der Waals surface area contributed by atoms with E-state index in [4.69, 9.17) is 34.5 Å². The van der Waals surface area contributed by atoms with Gasteiger partial charge in [-0.15, -0.1) is 0 Å². The van der Waals surface area contributed by atoms with Gasteiger partial charge >= 0.3 is 21.6 Å². The van der Waals surface area contributed by atoms with Crippen molar-refractivity contribution in [3.63, 3.8) is 0 Å². The van der Waals surface area contributed by atoms with Crippen molar-refractivity contribution in [1.82, 2.24) is 0 Å². The summed E-state index contributed by atoms with van der Waals surface area (Å²) in [4.78, 5) is 42.1. The fraction of sp³-hybridized carbons (Fsp3) is 0.909. The highest BCUT2D eigenvalue weighted by Gasteiger charge is 2.27. The lowest BCUT2D eigenvalue weighted by molar-refractivity contribution is -0.147. The van der Waals surface area contributed by atoms with E-state index in [1.165, 1.54) is 12.8 Å². The number of rotatable bonds is 11. The van der Waals surface area contributed by atoms with Crippen molar-refractivity contribution >= 4 is 21.6 Å². The molecule has 0 amide bonds. The highest BCUT2D eigenvalue weighted by atomic mass is 31.3. The van der Waals surface area contributed by atoms with Crippen LogP contribution in [0.25, 0.3) is 0 Å². The zero-order chi connectivity index (χ0) is 19.2. The maximum atomic E-state index is 11.1. The SMILES string of the molecule is CCCCCCCC(=O)OCC(O)CO.O=P(O)(O)OP(=O)(O)O. The van der Waals surface area contributed by atoms with Gasteiger partial charge in [-0.1, -0.05) is 32.6 Å². The number of carbonyl (C=O) groups excluding carboxylic acids is 1. The molecule has 0 bridgehead atoms. The fourth-order valence-electron chi connectivity index (χ4n) is 1.33. The Balaban J connectivity index is 0. The second kappa shape index (κ2) is 13.9. The third-order valence-electron chi connectivity index (χ3n) is 2.34. The van der Waals surface area contributed by atoms with Crippen LogP contribution >= 0.6 is 15.6 Å². The lowest BCUT2D eigenvalue weighted by Crippen LogP contribution is -2.21. The third kappa shape index (κ3) is 23.9. The number of hydrogen-bond donors (Lipinski definition) is 6. The van der Waals surface area contributed by atoms with Crippen LogP contribution in [0.5, 0.6) is 0 Å². The first-order chi connectivity index (χ1) is 10.9. The van der Waals surface area contributed by atoms with Crippen LogP contribution in [0.2, 0.25) is 0 Å². The molecule has 0 radical (unpaired) electrons. The standard InChI is InChI=1S/C11H22O4.H4O7P2/c1-2-3-4-5-6-7-11(14)15-9-10(13)8-12;1-8(2,3)7-9(4,5)6/h10,12-13H,2-9H2,1H3;(H2,1,2,3)(H2,4,5,6). The highest BCUT2D eigenvalue weighted by Crippen LogP contribution is 2.53. The van der Waals surface area contributed by atoms with E-state index in [9.17, 15) is 13.9 Å². The topological polar surface area (TPSA) is 191 Å². The van der Waals surface area contributed by atoms with Crippen LogP contribution in [0.3, 0.4) is 0 Å². The summed E-state index contributed by atoms with van der Waals surface area (Å²) in [7, 11) is -10.1. The van der Waals surface area contributed by atoms with Crippen LogP contribution in [-0.2, 0) is 23.0 Å². The van der Waals surface area contributed by atoms with Gasteiger partial charge in [0, 0.05) is 6.42 Å². The highest BCUT2D eigenvalue weighted by molar-refractivity contribution is 7.60. The zero-order valence-corrected chi connectivity index (χ0v) is 15.1. The summed E-state index contributed by atoms with van der Waals surface area (Å²) in [6, 6.07) is 0. The molecule has 0 aromatic carbocycles. The Morgan fingerprint density at radius 2 is 1.50 bits per heavy atom. The van der Waals surface area contributed by atoms with E-state index in [2.05, 4.69) is 11.2 Å². The molecule has 0 aliphatic carbocycles. The number of aliphatic hydroxyl groups excluding tert-OH is 2. The second-order valence-electron chi connectivity index (χ2n) is 4.75. The lowest BCUT2D eigenvalue weighted by atomic mass is 10.1. The number of carbonyl (C=O) groups is 1. The summed E-state index contributed by atoms with van der Waals surface area (Å²) in [6.45, 7) is 1.67. The zero-order valence-electron chi connectivity index (χ0n) is 13.4. The summed E-state index contributed by atoms with van der Waals surface area (Å²) in [5, 5.41) is 17.4. The van der Waals surface area contributed by atoms with Gasteiger partial charge in [0.05, 0.1) is 6.61 Å². The molecule has 0 spiro atoms. The predicted molar refractivity (Wildman–Crippen MR) is 82.6 cm³/mol. The summed E-state index contributed by atoms with van der Waals surface area (Å²) in [5.74, 6) is -0.293. The molecule has 0 fully saturated rings. The Morgan fingerprint density at radius 3 is 1.88 bits per heavy atom. The van der Waals surface area contributed by atoms with Gasteiger partial charge < -0.3 is 34.5 Å². The predicted octanol–water partition coefficient (Wildman–Crippen LogP) is 0.432. The van der Waals surface area contributed by atoms with Gasteiger partial charge in [-0.05, 0) is 6.42 Å². The first kappa shape index (κ1) is 25.9. The smallest absolute Gasteiger partial charge is 0.463 e. The maximum absolute atomic E-state index is 11.1. The van der Waals surface area contributed by atoms with E-state index in [0.717, 1.165) is 19.3 Å². The first-order valence-electron chi connectivity index (χ1n) is 7.18. The number of esters is 1. The van der Waals surface area contributed by atoms with E-state index in [0.29, 0.717) is 6.42 Å². The molecule has 13 heteroatoms. The van der Waals surface area contributed by atoms with Crippen LogP contribution in [-0.4, -0.2) is 55.1 Å². The molecule has 1 unspecified atom stereocenters. The largest absolute Gasteiger partial charge is 0.478 e. The molecule has 1 atom stereocenters. The Labute approximate surface area is 140 Å². The van der Waals surface area contributed by atoms with Crippen LogP contribution in [0.4, 0.5) is 0 Å². The molecule has 0 saturated heterocycles. The van der Waals surface area contributed by atoms with Crippen molar-refractivity contribution in [3.05, 3.63) is 0 Å². The molecule has 0 saturated carbocycles. The minimum absolute atomic E-state index is 0.107. The Bertz CT molecular complexity index is 396. The Kier molecular flexibility index (Phi) is 15.0. The normalized spacial score (nSPS) is 13.0. The van der Waals surface area contributed by atoms with Crippen molar-refractivity contribution in [3.8, 4) is 0 Å². The molecule has 0 aliphatic rings. The molecule has 0 aromatic rings. The van der Waals surface area contributed by atoms with Crippen molar-refractivity contribution < 1.29 is 52.8 Å². The van der Waals surface area contributed by atoms with Crippen LogP contribution in [0.1, 0.15) is 45.4 Å². The summed E-state index contributed by atoms with van der Waals surface area (Å²) in [6.07, 6.45) is 4.89. The first-order valence-corrected chi connectivity index (χ1v) is 10.2. The minimum atomic E-state index is -5.05. The van der Waals surface area contributed by atoms with Gasteiger partial charge in [-0.25, -0.2) is 9.13 Å². The number of phosphoric acid groups is 2. The van der Waals surface area contributed by atoms with E-state index < -0.39 is 21.7 Å². The Hall–Kier alpha value is -0.350. The molecule has 0 aliphatic heterocycles. The third-order valence-corrected chi connectivity index (χ3v) is 4.05. The van der Waals surface area contributed by atoms with E-state index in [-0.39, 0.29) is 19.2 Å². The van der Waals surface area contributed by atoms with E-state index >= 15 is 0 Å². The number of ether oxygens (including phenoxy) is 1. The number of hydrogen-bond acceptors (Lipinski definition) is 7. The summed E-state index contributed by atoms with van der Waals surface area (Å²) in [5.41, 5.74) is 0. The van der Waals surface area contributed by atoms with Gasteiger partial charge in [0.1, 0.15) is 12.7 Å². The Morgan fingerprint density at radius 1 is 1.00 bits per heavy atom. The average molecular weight is 396 g/mol. The van der Waals surface area contributed by atoms with Gasteiger partial charge in [-0.2, -0.15) is 4.31 Å². The molecule has 146 valence electrons. The number of aliphatic hydroxyl groups is 2. The monoisotopic (exact) mass is 396 g/mol. The molecular formula is C11H26O11P2. The van der Waals surface area contributed by atoms with Crippen LogP contribution in [0, 0.1) is 0 Å². The molecule has 0 aromatic heterocycles. The summed E-state index contributed by atoms with van der Waals surface area (Å²) >= 11 is 0. The lowest BCUT2D eigenvalue weighted by Gasteiger charge is -2.08. The van der Waals surface area contributed by atoms with Crippen molar-refractivity contribution in [1.29, 1.82) is 0 Å². The number of unbranched alkanes of at least 4 members (excludes halogenated alkanes) is 4. The van der Waals surface area contributed by atoms with Gasteiger partial charge in [0.15, 0.2) is 0 Å². The van der Waals surface area contributed by atoms with Crippen molar-refractivity contribution in [2.45, 2.75) is 51.6 Å². The van der Waals surface area contributed by atoms with E-state index in [1.807, 2.05) is 0 Å². The fourth-order valence-corrected chi connectivity index (χ4v) is 2.43. The minimum Gasteiger partial charge on any atom is -0.463 e. The van der Waals surface area contributed by atoms with Crippen molar-refractivity contribution in [2.24, 2.45) is 0 Å². The van der Waals surface area contributed by atoms with Crippen LogP contribution in [0.15, 0.2) is 0 Å². The summed E-state index contributed by atoms with van der Waals surface area (Å²) < 4.78 is 27.0. The molecule has 6 N–H and O–H groups in total. The molecular weight excluding hydrogens is 370 g/mol.